The second kappa shape index (κ2) is 4.15. The number of rotatable bonds is 1. The fourth-order valence-corrected chi connectivity index (χ4v) is 2.04. The van der Waals surface area contributed by atoms with E-state index in [1.165, 1.54) is 11.3 Å². The number of aryl methyl sites for hydroxylation is 1. The minimum atomic E-state index is 0.865. The van der Waals surface area contributed by atoms with E-state index in [9.17, 15) is 0 Å². The van der Waals surface area contributed by atoms with Crippen molar-refractivity contribution in [1.29, 1.82) is 0 Å². The Morgan fingerprint density at radius 1 is 1.13 bits per heavy atom. The third-order valence-corrected chi connectivity index (χ3v) is 2.95. The van der Waals surface area contributed by atoms with Gasteiger partial charge in [-0.2, -0.15) is 0 Å². The third kappa shape index (κ3) is 2.45. The Labute approximate surface area is 92.3 Å². The van der Waals surface area contributed by atoms with Gasteiger partial charge >= 0.3 is 0 Å². The SMILES string of the molecule is BN1CCN(c2cc(C)cc(N)c2)CC1. The lowest BCUT2D eigenvalue weighted by Crippen LogP contribution is -2.45. The molecule has 0 unspecified atom stereocenters. The molecule has 0 radical (unpaired) electrons. The van der Waals surface area contributed by atoms with Gasteiger partial charge in [-0.25, -0.2) is 0 Å². The summed E-state index contributed by atoms with van der Waals surface area (Å²) in [6.45, 7) is 6.55. The van der Waals surface area contributed by atoms with Crippen molar-refractivity contribution in [3.63, 3.8) is 0 Å². The monoisotopic (exact) mass is 203 g/mol. The number of nitrogens with two attached hydrogens (primary N) is 1. The maximum atomic E-state index is 5.86. The summed E-state index contributed by atoms with van der Waals surface area (Å²) in [5.41, 5.74) is 9.23. The molecular weight excluding hydrogens is 185 g/mol. The van der Waals surface area contributed by atoms with Crippen LogP contribution in [0.2, 0.25) is 0 Å². The molecule has 80 valence electrons. The van der Waals surface area contributed by atoms with E-state index in [-0.39, 0.29) is 0 Å². The van der Waals surface area contributed by atoms with E-state index in [4.69, 9.17) is 5.73 Å². The molecule has 0 amide bonds. The van der Waals surface area contributed by atoms with Crippen LogP contribution in [0.4, 0.5) is 11.4 Å². The van der Waals surface area contributed by atoms with Crippen molar-refractivity contribution < 1.29 is 0 Å². The summed E-state index contributed by atoms with van der Waals surface area (Å²) in [4.78, 5) is 4.76. The van der Waals surface area contributed by atoms with Gasteiger partial charge in [0.2, 0.25) is 0 Å². The molecule has 1 fully saturated rings. The number of nitrogen functional groups attached to an aromatic ring is 1. The van der Waals surface area contributed by atoms with Crippen molar-refractivity contribution in [1.82, 2.24) is 4.81 Å². The number of anilines is 2. The summed E-state index contributed by atoms with van der Waals surface area (Å²) in [6.07, 6.45) is 0. The Balaban J connectivity index is 2.15. The Kier molecular flexibility index (Phi) is 2.87. The zero-order valence-corrected chi connectivity index (χ0v) is 9.53. The van der Waals surface area contributed by atoms with Crippen LogP contribution in [-0.4, -0.2) is 39.0 Å². The quantitative estimate of drug-likeness (QED) is 0.524. The van der Waals surface area contributed by atoms with Crippen LogP contribution in [0.1, 0.15) is 5.56 Å². The second-order valence-corrected chi connectivity index (χ2v) is 4.39. The Bertz CT molecular complexity index is 325. The summed E-state index contributed by atoms with van der Waals surface area (Å²) < 4.78 is 0. The highest BCUT2D eigenvalue weighted by Gasteiger charge is 2.14. The van der Waals surface area contributed by atoms with Gasteiger partial charge in [-0.3, -0.25) is 0 Å². The van der Waals surface area contributed by atoms with Crippen molar-refractivity contribution in [2.45, 2.75) is 6.92 Å². The van der Waals surface area contributed by atoms with Gasteiger partial charge in [-0.15, -0.1) is 0 Å². The van der Waals surface area contributed by atoms with Crippen molar-refractivity contribution in [3.05, 3.63) is 23.8 Å². The molecule has 2 N–H and O–H groups in total. The molecule has 1 aliphatic heterocycles. The van der Waals surface area contributed by atoms with Gasteiger partial charge in [-0.1, -0.05) is 0 Å². The highest BCUT2D eigenvalue weighted by molar-refractivity contribution is 6.04. The molecule has 4 heteroatoms. The largest absolute Gasteiger partial charge is 0.399 e. The average molecular weight is 203 g/mol. The van der Waals surface area contributed by atoms with Crippen LogP contribution in [0.15, 0.2) is 18.2 Å². The lowest BCUT2D eigenvalue weighted by Gasteiger charge is -2.34. The highest BCUT2D eigenvalue weighted by atomic mass is 15.2. The molecule has 1 saturated heterocycles. The standard InChI is InChI=1S/C11H18BN3/c1-9-6-10(13)8-11(7-9)14-2-4-15(12)5-3-14/h6-8H,2-5,12-13H2,1H3. The van der Waals surface area contributed by atoms with Gasteiger partial charge in [0, 0.05) is 37.6 Å². The lowest BCUT2D eigenvalue weighted by atomic mass is 10.1. The van der Waals surface area contributed by atoms with Gasteiger partial charge in [0.05, 0.1) is 0 Å². The Morgan fingerprint density at radius 3 is 2.40 bits per heavy atom. The van der Waals surface area contributed by atoms with E-state index in [1.54, 1.807) is 0 Å². The van der Waals surface area contributed by atoms with Crippen molar-refractivity contribution in [2.24, 2.45) is 0 Å². The van der Waals surface area contributed by atoms with Gasteiger partial charge < -0.3 is 15.4 Å². The topological polar surface area (TPSA) is 32.5 Å². The van der Waals surface area contributed by atoms with E-state index in [0.717, 1.165) is 31.9 Å². The normalized spacial score (nSPS) is 18.1. The summed E-state index contributed by atoms with van der Waals surface area (Å²) in [6, 6.07) is 6.29. The molecule has 3 nitrogen and oxygen atoms in total. The average Bonchev–Trinajstić information content (AvgIpc) is 2.17. The third-order valence-electron chi connectivity index (χ3n) is 2.95. The molecule has 0 saturated carbocycles. The molecule has 1 aromatic rings. The van der Waals surface area contributed by atoms with E-state index >= 15 is 0 Å². The molecular formula is C11H18BN3. The minimum Gasteiger partial charge on any atom is -0.399 e. The van der Waals surface area contributed by atoms with Gasteiger partial charge in [0.15, 0.2) is 7.98 Å². The van der Waals surface area contributed by atoms with Gasteiger partial charge in [0.1, 0.15) is 0 Å². The molecule has 1 heterocycles. The van der Waals surface area contributed by atoms with Crippen LogP contribution < -0.4 is 10.6 Å². The first-order chi connectivity index (χ1) is 7.15. The number of hydrogen-bond donors (Lipinski definition) is 1. The van der Waals surface area contributed by atoms with Crippen LogP contribution >= 0.6 is 0 Å². The van der Waals surface area contributed by atoms with Crippen LogP contribution in [-0.2, 0) is 0 Å². The first-order valence-electron chi connectivity index (χ1n) is 5.46. The summed E-state index contributed by atoms with van der Waals surface area (Å²) in [5, 5.41) is 0. The first kappa shape index (κ1) is 10.4. The molecule has 1 aromatic carbocycles. The molecule has 2 rings (SSSR count). The summed E-state index contributed by atoms with van der Waals surface area (Å²) in [5.74, 6) is 0. The maximum Gasteiger partial charge on any atom is 0.185 e. The van der Waals surface area contributed by atoms with Crippen molar-refractivity contribution in [2.75, 3.05) is 36.8 Å². The maximum absolute atomic E-state index is 5.86. The smallest absolute Gasteiger partial charge is 0.185 e. The summed E-state index contributed by atoms with van der Waals surface area (Å²) in [7, 11) is 2.17. The van der Waals surface area contributed by atoms with Crippen LogP contribution in [0, 0.1) is 6.92 Å². The predicted octanol–water partition coefficient (Wildman–Crippen LogP) is 0.247. The molecule has 0 aromatic heterocycles. The number of piperazine rings is 1. The molecule has 0 atom stereocenters. The highest BCUT2D eigenvalue weighted by Crippen LogP contribution is 2.21. The van der Waals surface area contributed by atoms with Crippen LogP contribution in [0.3, 0.4) is 0 Å². The van der Waals surface area contributed by atoms with Gasteiger partial charge in [-0.05, 0) is 30.7 Å². The Hall–Kier alpha value is -1.16. The summed E-state index contributed by atoms with van der Waals surface area (Å²) >= 11 is 0. The van der Waals surface area contributed by atoms with E-state index < -0.39 is 0 Å². The predicted molar refractivity (Wildman–Crippen MR) is 67.9 cm³/mol. The fourth-order valence-electron chi connectivity index (χ4n) is 2.04. The molecule has 0 spiro atoms. The van der Waals surface area contributed by atoms with Crippen LogP contribution in [0.25, 0.3) is 0 Å². The van der Waals surface area contributed by atoms with Crippen LogP contribution in [0.5, 0.6) is 0 Å². The zero-order valence-electron chi connectivity index (χ0n) is 9.53. The molecule has 0 bridgehead atoms. The zero-order chi connectivity index (χ0) is 10.8. The lowest BCUT2D eigenvalue weighted by molar-refractivity contribution is 0.415. The minimum absolute atomic E-state index is 0.865. The number of hydrogen-bond acceptors (Lipinski definition) is 3. The number of benzene rings is 1. The molecule has 0 aliphatic carbocycles. The van der Waals surface area contributed by atoms with Crippen molar-refractivity contribution >= 4 is 19.4 Å². The van der Waals surface area contributed by atoms with E-state index in [1.807, 2.05) is 6.07 Å². The Morgan fingerprint density at radius 2 is 1.80 bits per heavy atom. The van der Waals surface area contributed by atoms with Crippen molar-refractivity contribution in [3.8, 4) is 0 Å². The fraction of sp³-hybridized carbons (Fsp3) is 0.455. The molecule has 1 aliphatic rings. The number of nitrogens with zero attached hydrogens (tertiary/aromatic N) is 2. The van der Waals surface area contributed by atoms with E-state index in [0.29, 0.717) is 0 Å². The molecule has 15 heavy (non-hydrogen) atoms. The first-order valence-corrected chi connectivity index (χ1v) is 5.46. The van der Waals surface area contributed by atoms with Gasteiger partial charge in [0.25, 0.3) is 0 Å². The van der Waals surface area contributed by atoms with E-state index in [2.05, 4.69) is 36.7 Å². The second-order valence-electron chi connectivity index (χ2n) is 4.39.